The van der Waals surface area contributed by atoms with Crippen LogP contribution in [0.25, 0.3) is 10.9 Å². The molecule has 0 bridgehead atoms. The van der Waals surface area contributed by atoms with Gasteiger partial charge in [-0.1, -0.05) is 48.5 Å². The van der Waals surface area contributed by atoms with Gasteiger partial charge in [0.1, 0.15) is 5.82 Å². The Bertz CT molecular complexity index is 1250. The summed E-state index contributed by atoms with van der Waals surface area (Å²) in [7, 11) is 0. The van der Waals surface area contributed by atoms with E-state index in [0.717, 1.165) is 33.1 Å². The van der Waals surface area contributed by atoms with Gasteiger partial charge in [0.05, 0.1) is 22.3 Å². The fraction of sp³-hybridized carbons (Fsp3) is 0.125. The van der Waals surface area contributed by atoms with E-state index in [1.807, 2.05) is 30.3 Å². The zero-order chi connectivity index (χ0) is 19.4. The number of anilines is 1. The van der Waals surface area contributed by atoms with Crippen molar-refractivity contribution in [1.82, 2.24) is 4.98 Å². The molecule has 3 heterocycles. The van der Waals surface area contributed by atoms with Crippen LogP contribution in [-0.4, -0.2) is 16.4 Å². The van der Waals surface area contributed by atoms with Gasteiger partial charge in [0.15, 0.2) is 0 Å². The molecule has 0 saturated carbocycles. The topological polar surface area (TPSA) is 31.4 Å². The molecule has 2 aliphatic rings. The lowest BCUT2D eigenvalue weighted by Gasteiger charge is -2.30. The Labute approximate surface area is 172 Å². The van der Waals surface area contributed by atoms with Crippen LogP contribution < -0.4 is 5.01 Å². The maximum Gasteiger partial charge on any atom is 0.137 e. The lowest BCUT2D eigenvalue weighted by Crippen LogP contribution is -2.29. The summed E-state index contributed by atoms with van der Waals surface area (Å²) in [6.45, 7) is 0. The van der Waals surface area contributed by atoms with E-state index in [-0.39, 0.29) is 17.8 Å². The highest BCUT2D eigenvalue weighted by Gasteiger charge is 2.43. The highest BCUT2D eigenvalue weighted by Crippen LogP contribution is 2.48. The first-order chi connectivity index (χ1) is 14.3. The predicted molar refractivity (Wildman–Crippen MR) is 117 cm³/mol. The van der Waals surface area contributed by atoms with E-state index >= 15 is 0 Å². The lowest BCUT2D eigenvalue weighted by atomic mass is 9.87. The minimum absolute atomic E-state index is 0.0625. The summed E-state index contributed by atoms with van der Waals surface area (Å²) in [4.78, 5) is 4.13. The van der Waals surface area contributed by atoms with Crippen molar-refractivity contribution in [1.29, 1.82) is 0 Å². The molecule has 0 saturated heterocycles. The Kier molecular flexibility index (Phi) is 3.78. The van der Waals surface area contributed by atoms with E-state index in [9.17, 15) is 4.39 Å². The number of nitrogens with zero attached hydrogens (tertiary/aromatic N) is 2. The minimum atomic E-state index is -0.157. The summed E-state index contributed by atoms with van der Waals surface area (Å²) in [5, 5.41) is 8.40. The third-order valence-electron chi connectivity index (χ3n) is 5.82. The zero-order valence-electron chi connectivity index (χ0n) is 15.5. The number of aromatic nitrogens is 1. The van der Waals surface area contributed by atoms with Crippen molar-refractivity contribution in [3.05, 3.63) is 95.9 Å². The summed E-state index contributed by atoms with van der Waals surface area (Å²) < 4.78 is 14.4. The third kappa shape index (κ3) is 2.54. The van der Waals surface area contributed by atoms with Gasteiger partial charge in [-0.3, -0.25) is 5.01 Å². The smallest absolute Gasteiger partial charge is 0.137 e. The molecule has 3 nitrogen and oxygen atoms in total. The quantitative estimate of drug-likeness (QED) is 0.449. The molecule has 0 radical (unpaired) electrons. The first kappa shape index (κ1) is 16.9. The summed E-state index contributed by atoms with van der Waals surface area (Å²) in [5.41, 5.74) is 5.31. The summed E-state index contributed by atoms with van der Waals surface area (Å²) in [5.74, 6) is 0.837. The van der Waals surface area contributed by atoms with Crippen molar-refractivity contribution >= 4 is 34.1 Å². The maximum atomic E-state index is 14.4. The second-order valence-corrected chi connectivity index (χ2v) is 8.46. The molecule has 3 aromatic carbocycles. The molecule has 2 aliphatic heterocycles. The third-order valence-corrected chi connectivity index (χ3v) is 7.05. The standard InChI is InChI=1S/C24H18FN3S/c25-20-11-6-10-17-22-19(14-29-24(17)20)23(28(27-22)15-7-2-1-3-8-15)18-13-26-21-12-5-4-9-16(18)21/h1-13,19,23,26H,14H2. The predicted octanol–water partition coefficient (Wildman–Crippen LogP) is 5.99. The van der Waals surface area contributed by atoms with Crippen LogP contribution in [0.2, 0.25) is 0 Å². The lowest BCUT2D eigenvalue weighted by molar-refractivity contribution is 0.585. The van der Waals surface area contributed by atoms with Crippen LogP contribution in [-0.2, 0) is 0 Å². The van der Waals surface area contributed by atoms with E-state index in [2.05, 4.69) is 46.5 Å². The first-order valence-corrected chi connectivity index (χ1v) is 10.7. The highest BCUT2D eigenvalue weighted by molar-refractivity contribution is 7.99. The highest BCUT2D eigenvalue weighted by atomic mass is 32.2. The number of H-pyrrole nitrogens is 1. The number of hydrogen-bond acceptors (Lipinski definition) is 3. The van der Waals surface area contributed by atoms with Crippen LogP contribution in [0, 0.1) is 11.7 Å². The van der Waals surface area contributed by atoms with Crippen molar-refractivity contribution in [3.63, 3.8) is 0 Å². The Balaban J connectivity index is 1.56. The molecule has 0 amide bonds. The van der Waals surface area contributed by atoms with Gasteiger partial charge in [-0.05, 0) is 24.3 Å². The second-order valence-electron chi connectivity index (χ2n) is 7.43. The molecular weight excluding hydrogens is 381 g/mol. The van der Waals surface area contributed by atoms with Crippen LogP contribution >= 0.6 is 11.8 Å². The van der Waals surface area contributed by atoms with Crippen LogP contribution in [0.4, 0.5) is 10.1 Å². The fourth-order valence-corrected chi connectivity index (χ4v) is 5.73. The molecule has 2 atom stereocenters. The number of rotatable bonds is 2. The van der Waals surface area contributed by atoms with Crippen LogP contribution in [0.1, 0.15) is 17.2 Å². The molecule has 2 unspecified atom stereocenters. The van der Waals surface area contributed by atoms with E-state index in [1.54, 1.807) is 17.8 Å². The van der Waals surface area contributed by atoms with Crippen molar-refractivity contribution < 1.29 is 4.39 Å². The Morgan fingerprint density at radius 2 is 1.79 bits per heavy atom. The van der Waals surface area contributed by atoms with Gasteiger partial charge in [0.2, 0.25) is 0 Å². The maximum absolute atomic E-state index is 14.4. The molecule has 0 aliphatic carbocycles. The van der Waals surface area contributed by atoms with Crippen LogP contribution in [0.3, 0.4) is 0 Å². The summed E-state index contributed by atoms with van der Waals surface area (Å²) >= 11 is 1.60. The number of hydrogen-bond donors (Lipinski definition) is 1. The number of hydrazone groups is 1. The van der Waals surface area contributed by atoms with Gasteiger partial charge < -0.3 is 4.98 Å². The monoisotopic (exact) mass is 399 g/mol. The van der Waals surface area contributed by atoms with Crippen LogP contribution in [0.5, 0.6) is 0 Å². The molecule has 5 heteroatoms. The number of fused-ring (bicyclic) bond motifs is 4. The van der Waals surface area contributed by atoms with Gasteiger partial charge in [0, 0.05) is 39.9 Å². The molecule has 6 rings (SSSR count). The largest absolute Gasteiger partial charge is 0.361 e. The molecular formula is C24H18FN3S. The molecule has 4 aromatic rings. The molecule has 0 fully saturated rings. The molecule has 1 N–H and O–H groups in total. The van der Waals surface area contributed by atoms with Gasteiger partial charge in [0.25, 0.3) is 0 Å². The average Bonchev–Trinajstić information content (AvgIpc) is 3.36. The molecule has 1 aromatic heterocycles. The molecule has 29 heavy (non-hydrogen) atoms. The minimum Gasteiger partial charge on any atom is -0.361 e. The average molecular weight is 399 g/mol. The van der Waals surface area contributed by atoms with E-state index in [1.165, 1.54) is 17.0 Å². The van der Waals surface area contributed by atoms with Crippen molar-refractivity contribution in [2.24, 2.45) is 11.0 Å². The van der Waals surface area contributed by atoms with Gasteiger partial charge in [-0.2, -0.15) is 5.10 Å². The number of para-hydroxylation sites is 2. The summed E-state index contributed by atoms with van der Waals surface area (Å²) in [6.07, 6.45) is 2.11. The Morgan fingerprint density at radius 3 is 2.69 bits per heavy atom. The SMILES string of the molecule is Fc1cccc2c1SCC1C2=NN(c2ccccc2)C1c1c[nH]c2ccccc12. The van der Waals surface area contributed by atoms with E-state index < -0.39 is 0 Å². The van der Waals surface area contributed by atoms with Crippen molar-refractivity contribution in [3.8, 4) is 0 Å². The normalized spacial score (nSPS) is 20.4. The Morgan fingerprint density at radius 1 is 0.966 bits per heavy atom. The zero-order valence-corrected chi connectivity index (χ0v) is 16.4. The number of aromatic amines is 1. The summed E-state index contributed by atoms with van der Waals surface area (Å²) in [6, 6.07) is 24.0. The van der Waals surface area contributed by atoms with Crippen LogP contribution in [0.15, 0.2) is 89.0 Å². The number of benzene rings is 3. The fourth-order valence-electron chi connectivity index (χ4n) is 4.51. The van der Waals surface area contributed by atoms with Crippen molar-refractivity contribution in [2.45, 2.75) is 10.9 Å². The second kappa shape index (κ2) is 6.49. The number of halogens is 1. The number of thioether (sulfide) groups is 1. The first-order valence-electron chi connectivity index (χ1n) is 9.72. The number of nitrogens with one attached hydrogen (secondary N) is 1. The Hall–Kier alpha value is -3.05. The molecule has 142 valence electrons. The van der Waals surface area contributed by atoms with Gasteiger partial charge >= 0.3 is 0 Å². The van der Waals surface area contributed by atoms with Gasteiger partial charge in [-0.15, -0.1) is 11.8 Å². The van der Waals surface area contributed by atoms with E-state index in [0.29, 0.717) is 0 Å². The van der Waals surface area contributed by atoms with Gasteiger partial charge in [-0.25, -0.2) is 4.39 Å². The van der Waals surface area contributed by atoms with E-state index in [4.69, 9.17) is 5.10 Å². The molecule has 0 spiro atoms. The van der Waals surface area contributed by atoms with Crippen molar-refractivity contribution in [2.75, 3.05) is 10.8 Å².